The highest BCUT2D eigenvalue weighted by molar-refractivity contribution is 7.80. The van der Waals surface area contributed by atoms with Gasteiger partial charge in [0, 0.05) is 10.8 Å². The van der Waals surface area contributed by atoms with Gasteiger partial charge < -0.3 is 10.2 Å². The molecule has 2 N–H and O–H groups in total. The van der Waals surface area contributed by atoms with E-state index in [0.29, 0.717) is 10.6 Å². The van der Waals surface area contributed by atoms with Crippen molar-refractivity contribution in [2.24, 2.45) is 0 Å². The van der Waals surface area contributed by atoms with Crippen LogP contribution < -0.4 is 0 Å². The third-order valence-corrected chi connectivity index (χ3v) is 3.61. The highest BCUT2D eigenvalue weighted by Gasteiger charge is 2.16. The third-order valence-electron chi connectivity index (χ3n) is 2.98. The SMILES string of the molecule is OC(CS)C(O)c1ccc(-c2ccc(Cl)cc2)cc1. The highest BCUT2D eigenvalue weighted by Crippen LogP contribution is 2.24. The van der Waals surface area contributed by atoms with Gasteiger partial charge in [-0.2, -0.15) is 12.6 Å². The first-order chi connectivity index (χ1) is 9.11. The van der Waals surface area contributed by atoms with Gasteiger partial charge in [0.15, 0.2) is 0 Å². The van der Waals surface area contributed by atoms with Gasteiger partial charge in [0.25, 0.3) is 0 Å². The number of aliphatic hydroxyl groups is 2. The molecule has 0 amide bonds. The Morgan fingerprint density at radius 3 is 1.84 bits per heavy atom. The van der Waals surface area contributed by atoms with E-state index in [1.165, 1.54) is 0 Å². The van der Waals surface area contributed by atoms with E-state index in [0.717, 1.165) is 11.1 Å². The van der Waals surface area contributed by atoms with Crippen molar-refractivity contribution < 1.29 is 10.2 Å². The Kier molecular flexibility index (Phi) is 4.88. The van der Waals surface area contributed by atoms with Gasteiger partial charge >= 0.3 is 0 Å². The van der Waals surface area contributed by atoms with Crippen LogP contribution in [0.1, 0.15) is 11.7 Å². The van der Waals surface area contributed by atoms with Crippen molar-refractivity contribution in [1.82, 2.24) is 0 Å². The number of halogens is 1. The molecule has 0 spiro atoms. The maximum absolute atomic E-state index is 9.87. The molecule has 2 unspecified atom stereocenters. The summed E-state index contributed by atoms with van der Waals surface area (Å²) in [5, 5.41) is 20.1. The van der Waals surface area contributed by atoms with Gasteiger partial charge in [-0.3, -0.25) is 0 Å². The molecule has 0 saturated heterocycles. The number of thiol groups is 1. The molecule has 0 aromatic heterocycles. The molecule has 4 heteroatoms. The fourth-order valence-electron chi connectivity index (χ4n) is 1.84. The lowest BCUT2D eigenvalue weighted by Gasteiger charge is -2.16. The Bertz CT molecular complexity index is 525. The summed E-state index contributed by atoms with van der Waals surface area (Å²) in [6.07, 6.45) is -1.76. The van der Waals surface area contributed by atoms with Gasteiger partial charge in [0.1, 0.15) is 6.10 Å². The molecule has 0 saturated carbocycles. The Morgan fingerprint density at radius 1 is 0.895 bits per heavy atom. The van der Waals surface area contributed by atoms with Crippen molar-refractivity contribution in [2.45, 2.75) is 12.2 Å². The van der Waals surface area contributed by atoms with E-state index in [1.807, 2.05) is 36.4 Å². The van der Waals surface area contributed by atoms with Gasteiger partial charge in [-0.15, -0.1) is 0 Å². The number of rotatable bonds is 4. The normalized spacial score (nSPS) is 14.1. The average Bonchev–Trinajstić information content (AvgIpc) is 2.46. The number of benzene rings is 2. The van der Waals surface area contributed by atoms with E-state index < -0.39 is 12.2 Å². The van der Waals surface area contributed by atoms with Gasteiger partial charge in [0.05, 0.1) is 6.10 Å². The van der Waals surface area contributed by atoms with Gasteiger partial charge in [-0.05, 0) is 28.8 Å². The average molecular weight is 295 g/mol. The van der Waals surface area contributed by atoms with Crippen LogP contribution in [0.15, 0.2) is 48.5 Å². The van der Waals surface area contributed by atoms with Crippen LogP contribution in [0.4, 0.5) is 0 Å². The zero-order valence-electron chi connectivity index (χ0n) is 10.2. The van der Waals surface area contributed by atoms with Gasteiger partial charge in [-0.1, -0.05) is 48.0 Å². The molecule has 0 radical (unpaired) electrons. The van der Waals surface area contributed by atoms with Crippen molar-refractivity contribution >= 4 is 24.2 Å². The van der Waals surface area contributed by atoms with Crippen molar-refractivity contribution in [2.75, 3.05) is 5.75 Å². The summed E-state index contributed by atoms with van der Waals surface area (Å²) in [5.41, 5.74) is 2.77. The lowest BCUT2D eigenvalue weighted by atomic mass is 10.00. The van der Waals surface area contributed by atoms with E-state index >= 15 is 0 Å². The minimum absolute atomic E-state index is 0.222. The van der Waals surface area contributed by atoms with Crippen LogP contribution in [0, 0.1) is 0 Å². The summed E-state index contributed by atoms with van der Waals surface area (Å²) in [6.45, 7) is 0. The van der Waals surface area contributed by atoms with Crippen LogP contribution in [-0.2, 0) is 0 Å². The number of hydrogen-bond acceptors (Lipinski definition) is 3. The second-order valence-corrected chi connectivity index (χ2v) is 5.13. The minimum Gasteiger partial charge on any atom is -0.389 e. The van der Waals surface area contributed by atoms with Gasteiger partial charge in [-0.25, -0.2) is 0 Å². The van der Waals surface area contributed by atoms with Crippen LogP contribution in [0.3, 0.4) is 0 Å². The van der Waals surface area contributed by atoms with E-state index in [-0.39, 0.29) is 5.75 Å². The van der Waals surface area contributed by atoms with Crippen LogP contribution in [-0.4, -0.2) is 22.1 Å². The lowest BCUT2D eigenvalue weighted by molar-refractivity contribution is 0.0338. The Balaban J connectivity index is 2.21. The maximum Gasteiger partial charge on any atom is 0.106 e. The lowest BCUT2D eigenvalue weighted by Crippen LogP contribution is -2.19. The van der Waals surface area contributed by atoms with Crippen LogP contribution in [0.2, 0.25) is 5.02 Å². The third kappa shape index (κ3) is 3.51. The molecule has 100 valence electrons. The molecule has 0 aliphatic rings. The Morgan fingerprint density at radius 2 is 1.37 bits per heavy atom. The molecule has 0 aliphatic heterocycles. The standard InChI is InChI=1S/C15H15ClO2S/c16-13-7-5-11(6-8-13)10-1-3-12(4-2-10)15(18)14(17)9-19/h1-8,14-15,17-19H,9H2. The largest absolute Gasteiger partial charge is 0.389 e. The zero-order chi connectivity index (χ0) is 13.8. The summed E-state index contributed by atoms with van der Waals surface area (Å²) < 4.78 is 0. The highest BCUT2D eigenvalue weighted by atomic mass is 35.5. The number of aliphatic hydroxyl groups excluding tert-OH is 2. The summed E-state index contributed by atoms with van der Waals surface area (Å²) in [4.78, 5) is 0. The molecule has 2 rings (SSSR count). The molecule has 2 nitrogen and oxygen atoms in total. The Hall–Kier alpha value is -1.00. The molecule has 2 aromatic carbocycles. The predicted octanol–water partition coefficient (Wildman–Crippen LogP) is 3.33. The predicted molar refractivity (Wildman–Crippen MR) is 81.7 cm³/mol. The van der Waals surface area contributed by atoms with Gasteiger partial charge in [0.2, 0.25) is 0 Å². The van der Waals surface area contributed by atoms with Crippen molar-refractivity contribution in [3.05, 3.63) is 59.1 Å². The second-order valence-electron chi connectivity index (χ2n) is 4.32. The molecule has 0 bridgehead atoms. The molecule has 19 heavy (non-hydrogen) atoms. The zero-order valence-corrected chi connectivity index (χ0v) is 11.9. The first-order valence-corrected chi connectivity index (χ1v) is 6.96. The minimum atomic E-state index is -0.906. The molecular weight excluding hydrogens is 280 g/mol. The van der Waals surface area contributed by atoms with Crippen molar-refractivity contribution in [3.63, 3.8) is 0 Å². The molecule has 2 atom stereocenters. The van der Waals surface area contributed by atoms with Crippen molar-refractivity contribution in [1.29, 1.82) is 0 Å². The quantitative estimate of drug-likeness (QED) is 0.757. The molecule has 0 fully saturated rings. The molecular formula is C15H15ClO2S. The first-order valence-electron chi connectivity index (χ1n) is 5.94. The van der Waals surface area contributed by atoms with E-state index in [2.05, 4.69) is 12.6 Å². The second kappa shape index (κ2) is 6.44. The van der Waals surface area contributed by atoms with Crippen LogP contribution in [0.5, 0.6) is 0 Å². The monoisotopic (exact) mass is 294 g/mol. The number of hydrogen-bond donors (Lipinski definition) is 3. The fraction of sp³-hybridized carbons (Fsp3) is 0.200. The molecule has 0 aliphatic carbocycles. The molecule has 2 aromatic rings. The van der Waals surface area contributed by atoms with Crippen LogP contribution >= 0.6 is 24.2 Å². The summed E-state index contributed by atoms with van der Waals surface area (Å²) in [6, 6.07) is 15.0. The van der Waals surface area contributed by atoms with E-state index in [9.17, 15) is 10.2 Å². The fourth-order valence-corrected chi connectivity index (χ4v) is 2.16. The summed E-state index contributed by atoms with van der Waals surface area (Å²) in [5.74, 6) is 0.222. The Labute approximate surface area is 123 Å². The first kappa shape index (κ1) is 14.4. The van der Waals surface area contributed by atoms with Crippen molar-refractivity contribution in [3.8, 4) is 11.1 Å². The topological polar surface area (TPSA) is 40.5 Å². The van der Waals surface area contributed by atoms with Crippen LogP contribution in [0.25, 0.3) is 11.1 Å². The van der Waals surface area contributed by atoms with E-state index in [1.54, 1.807) is 12.1 Å². The van der Waals surface area contributed by atoms with E-state index in [4.69, 9.17) is 11.6 Å². The summed E-state index contributed by atoms with van der Waals surface area (Å²) >= 11 is 9.82. The smallest absolute Gasteiger partial charge is 0.106 e. The maximum atomic E-state index is 9.87. The summed E-state index contributed by atoms with van der Waals surface area (Å²) in [7, 11) is 0. The molecule has 0 heterocycles.